The maximum absolute atomic E-state index is 11.9. The van der Waals surface area contributed by atoms with Gasteiger partial charge in [-0.1, -0.05) is 6.07 Å². The predicted molar refractivity (Wildman–Crippen MR) is 65.6 cm³/mol. The summed E-state index contributed by atoms with van der Waals surface area (Å²) >= 11 is 1.28. The van der Waals surface area contributed by atoms with Crippen molar-refractivity contribution in [1.29, 1.82) is 0 Å². The average Bonchev–Trinajstić information content (AvgIpc) is 2.95. The molecule has 94 valence electrons. The first-order chi connectivity index (χ1) is 8.59. The summed E-state index contributed by atoms with van der Waals surface area (Å²) in [5, 5.41) is 13.3. The number of carbonyl (C=O) groups excluding carboxylic acids is 1. The summed E-state index contributed by atoms with van der Waals surface area (Å²) in [6, 6.07) is 4.00. The lowest BCUT2D eigenvalue weighted by Crippen LogP contribution is -2.33. The summed E-state index contributed by atoms with van der Waals surface area (Å²) in [4.78, 5) is 23.6. The fraction of sp³-hybridized carbons (Fsp3) is 0.167. The van der Waals surface area contributed by atoms with Crippen molar-refractivity contribution in [3.8, 4) is 0 Å². The molecule has 18 heavy (non-hydrogen) atoms. The van der Waals surface area contributed by atoms with Crippen LogP contribution in [-0.4, -0.2) is 17.0 Å². The minimum atomic E-state index is -1.10. The largest absolute Gasteiger partial charge is 0.479 e. The van der Waals surface area contributed by atoms with E-state index < -0.39 is 17.9 Å². The lowest BCUT2D eigenvalue weighted by molar-refractivity contribution is -0.139. The Morgan fingerprint density at radius 3 is 2.72 bits per heavy atom. The van der Waals surface area contributed by atoms with E-state index in [2.05, 4.69) is 5.32 Å². The molecule has 2 heterocycles. The van der Waals surface area contributed by atoms with Gasteiger partial charge in [-0.25, -0.2) is 4.79 Å². The fourth-order valence-corrected chi connectivity index (χ4v) is 2.28. The minimum absolute atomic E-state index is 0.137. The Morgan fingerprint density at radius 1 is 1.44 bits per heavy atom. The summed E-state index contributed by atoms with van der Waals surface area (Å²) in [5.74, 6) is -1.49. The highest BCUT2D eigenvalue weighted by Crippen LogP contribution is 2.20. The van der Waals surface area contributed by atoms with Gasteiger partial charge in [0.05, 0.1) is 6.26 Å². The third kappa shape index (κ3) is 2.43. The number of hydrogen-bond acceptors (Lipinski definition) is 4. The van der Waals surface area contributed by atoms with Gasteiger partial charge in [0.2, 0.25) is 0 Å². The van der Waals surface area contributed by atoms with E-state index in [1.54, 1.807) is 30.5 Å². The number of amides is 1. The molecule has 1 atom stereocenters. The van der Waals surface area contributed by atoms with Crippen molar-refractivity contribution >= 4 is 23.2 Å². The van der Waals surface area contributed by atoms with Crippen LogP contribution in [0.1, 0.15) is 27.0 Å². The second kappa shape index (κ2) is 5.05. The smallest absolute Gasteiger partial charge is 0.331 e. The maximum atomic E-state index is 11.9. The van der Waals surface area contributed by atoms with Gasteiger partial charge in [0.15, 0.2) is 11.8 Å². The Balaban J connectivity index is 2.18. The molecule has 0 saturated heterocycles. The quantitative estimate of drug-likeness (QED) is 0.888. The molecule has 0 aliphatic rings. The monoisotopic (exact) mass is 265 g/mol. The zero-order valence-electron chi connectivity index (χ0n) is 9.54. The van der Waals surface area contributed by atoms with Crippen molar-refractivity contribution in [2.75, 3.05) is 0 Å². The number of carbonyl (C=O) groups is 2. The maximum Gasteiger partial charge on any atom is 0.331 e. The van der Waals surface area contributed by atoms with Gasteiger partial charge in [-0.2, -0.15) is 0 Å². The fourth-order valence-electron chi connectivity index (χ4n) is 1.51. The van der Waals surface area contributed by atoms with Gasteiger partial charge in [0.25, 0.3) is 5.91 Å². The first-order valence-corrected chi connectivity index (χ1v) is 6.08. The molecule has 5 nitrogen and oxygen atoms in total. The van der Waals surface area contributed by atoms with Crippen molar-refractivity contribution in [3.63, 3.8) is 0 Å². The van der Waals surface area contributed by atoms with E-state index in [0.717, 1.165) is 0 Å². The number of nitrogens with one attached hydrogen (secondary N) is 1. The Bertz CT molecular complexity index is 558. The molecule has 6 heteroatoms. The Kier molecular flexibility index (Phi) is 3.47. The van der Waals surface area contributed by atoms with Crippen LogP contribution >= 0.6 is 11.3 Å². The molecule has 2 aromatic rings. The van der Waals surface area contributed by atoms with Gasteiger partial charge >= 0.3 is 5.97 Å². The molecule has 0 saturated carbocycles. The third-order valence-electron chi connectivity index (χ3n) is 2.42. The first-order valence-electron chi connectivity index (χ1n) is 5.20. The van der Waals surface area contributed by atoms with Crippen LogP contribution in [0.25, 0.3) is 0 Å². The van der Waals surface area contributed by atoms with Crippen LogP contribution in [0.3, 0.4) is 0 Å². The summed E-state index contributed by atoms with van der Waals surface area (Å²) in [7, 11) is 0. The Labute approximate surface area is 107 Å². The number of rotatable bonds is 4. The Hall–Kier alpha value is -2.08. The zero-order chi connectivity index (χ0) is 13.1. The highest BCUT2D eigenvalue weighted by Gasteiger charge is 2.25. The summed E-state index contributed by atoms with van der Waals surface area (Å²) < 4.78 is 5.02. The lowest BCUT2D eigenvalue weighted by atomic mass is 10.2. The zero-order valence-corrected chi connectivity index (χ0v) is 10.4. The lowest BCUT2D eigenvalue weighted by Gasteiger charge is -2.12. The molecule has 1 amide bonds. The standard InChI is InChI=1S/C12H11NO4S/c1-7-4-5-17-10(7)11(14)13-9(12(15)16)8-3-2-6-18-8/h2-6,9H,1H3,(H,13,14)(H,15,16). The number of aliphatic carboxylic acids is 1. The third-order valence-corrected chi connectivity index (χ3v) is 3.36. The van der Waals surface area contributed by atoms with Gasteiger partial charge in [0, 0.05) is 10.4 Å². The highest BCUT2D eigenvalue weighted by atomic mass is 32.1. The van der Waals surface area contributed by atoms with Gasteiger partial charge in [0.1, 0.15) is 0 Å². The molecule has 2 N–H and O–H groups in total. The van der Waals surface area contributed by atoms with Gasteiger partial charge in [-0.05, 0) is 24.4 Å². The van der Waals surface area contributed by atoms with Crippen LogP contribution in [0.2, 0.25) is 0 Å². The molecule has 0 bridgehead atoms. The first kappa shape index (κ1) is 12.4. The average molecular weight is 265 g/mol. The topological polar surface area (TPSA) is 79.5 Å². The molecule has 0 spiro atoms. The van der Waals surface area contributed by atoms with E-state index in [1.165, 1.54) is 17.6 Å². The van der Waals surface area contributed by atoms with Gasteiger partial charge in [-0.3, -0.25) is 4.79 Å². The number of furan rings is 1. The summed E-state index contributed by atoms with van der Waals surface area (Å²) in [6.45, 7) is 1.72. The molecule has 1 unspecified atom stereocenters. The number of carboxylic acids is 1. The molecular weight excluding hydrogens is 254 g/mol. The van der Waals surface area contributed by atoms with E-state index in [4.69, 9.17) is 9.52 Å². The summed E-state index contributed by atoms with van der Waals surface area (Å²) in [5.41, 5.74) is 0.669. The van der Waals surface area contributed by atoms with Crippen LogP contribution in [0, 0.1) is 6.92 Å². The van der Waals surface area contributed by atoms with E-state index in [0.29, 0.717) is 10.4 Å². The normalized spacial score (nSPS) is 12.1. The van der Waals surface area contributed by atoms with Crippen LogP contribution < -0.4 is 5.32 Å². The molecule has 2 rings (SSSR count). The Morgan fingerprint density at radius 2 is 2.22 bits per heavy atom. The highest BCUT2D eigenvalue weighted by molar-refractivity contribution is 7.10. The van der Waals surface area contributed by atoms with Crippen molar-refractivity contribution < 1.29 is 19.1 Å². The van der Waals surface area contributed by atoms with E-state index in [1.807, 2.05) is 0 Å². The molecule has 2 aromatic heterocycles. The predicted octanol–water partition coefficient (Wildman–Crippen LogP) is 2.21. The number of thiophene rings is 1. The van der Waals surface area contributed by atoms with Crippen molar-refractivity contribution in [3.05, 3.63) is 46.0 Å². The number of aryl methyl sites for hydroxylation is 1. The van der Waals surface area contributed by atoms with E-state index in [-0.39, 0.29) is 5.76 Å². The molecule has 0 fully saturated rings. The summed E-state index contributed by atoms with van der Waals surface area (Å²) in [6.07, 6.45) is 1.39. The number of hydrogen-bond donors (Lipinski definition) is 2. The SMILES string of the molecule is Cc1ccoc1C(=O)NC(C(=O)O)c1cccs1. The van der Waals surface area contributed by atoms with Gasteiger partial charge < -0.3 is 14.8 Å². The van der Waals surface area contributed by atoms with E-state index in [9.17, 15) is 9.59 Å². The molecule has 0 aliphatic carbocycles. The van der Waals surface area contributed by atoms with Crippen LogP contribution in [-0.2, 0) is 4.79 Å². The molecule has 0 aliphatic heterocycles. The van der Waals surface area contributed by atoms with Crippen LogP contribution in [0.4, 0.5) is 0 Å². The van der Waals surface area contributed by atoms with Crippen LogP contribution in [0.5, 0.6) is 0 Å². The van der Waals surface area contributed by atoms with E-state index >= 15 is 0 Å². The molecule has 0 radical (unpaired) electrons. The minimum Gasteiger partial charge on any atom is -0.479 e. The van der Waals surface area contributed by atoms with Crippen molar-refractivity contribution in [2.45, 2.75) is 13.0 Å². The van der Waals surface area contributed by atoms with Crippen LogP contribution in [0.15, 0.2) is 34.3 Å². The molecular formula is C12H11NO4S. The second-order valence-corrected chi connectivity index (χ2v) is 4.67. The number of carboxylic acid groups (broad SMARTS) is 1. The second-order valence-electron chi connectivity index (χ2n) is 3.69. The van der Waals surface area contributed by atoms with Crippen molar-refractivity contribution in [1.82, 2.24) is 5.32 Å². The van der Waals surface area contributed by atoms with Crippen molar-refractivity contribution in [2.24, 2.45) is 0 Å². The van der Waals surface area contributed by atoms with Gasteiger partial charge in [-0.15, -0.1) is 11.3 Å². The molecule has 0 aromatic carbocycles.